The Morgan fingerprint density at radius 1 is 1.17 bits per heavy atom. The molecule has 0 heterocycles. The van der Waals surface area contributed by atoms with Crippen molar-refractivity contribution < 1.29 is 4.79 Å². The first kappa shape index (κ1) is 14.7. The van der Waals surface area contributed by atoms with Crippen LogP contribution in [-0.2, 0) is 10.2 Å². The minimum atomic E-state index is -0.479. The van der Waals surface area contributed by atoms with Crippen molar-refractivity contribution in [2.75, 3.05) is 20.1 Å². The molecule has 0 saturated heterocycles. The first-order valence-electron chi connectivity index (χ1n) is 6.48. The molecule has 0 aliphatic rings. The predicted octanol–water partition coefficient (Wildman–Crippen LogP) is 2.00. The molecule has 1 aromatic carbocycles. The molecule has 100 valence electrons. The van der Waals surface area contributed by atoms with Crippen LogP contribution in [0.25, 0.3) is 0 Å². The Balaban J connectivity index is 2.61. The Morgan fingerprint density at radius 2 is 1.78 bits per heavy atom. The molecule has 2 N–H and O–H groups in total. The molecule has 18 heavy (non-hydrogen) atoms. The summed E-state index contributed by atoms with van der Waals surface area (Å²) in [6.07, 6.45) is 0.951. The highest BCUT2D eigenvalue weighted by molar-refractivity contribution is 5.87. The van der Waals surface area contributed by atoms with Gasteiger partial charge in [-0.25, -0.2) is 0 Å². The van der Waals surface area contributed by atoms with Crippen LogP contribution in [0.5, 0.6) is 0 Å². The molecule has 0 atom stereocenters. The monoisotopic (exact) mass is 248 g/mol. The third-order valence-electron chi connectivity index (χ3n) is 3.23. The maximum atomic E-state index is 12.2. The van der Waals surface area contributed by atoms with Crippen LogP contribution >= 0.6 is 0 Å². The van der Waals surface area contributed by atoms with Crippen LogP contribution in [0.2, 0.25) is 0 Å². The first-order chi connectivity index (χ1) is 8.48. The van der Waals surface area contributed by atoms with Crippen LogP contribution in [0.4, 0.5) is 0 Å². The Morgan fingerprint density at radius 3 is 2.33 bits per heavy atom. The second-order valence-electron chi connectivity index (χ2n) is 5.20. The molecule has 0 fully saturated rings. The fourth-order valence-corrected chi connectivity index (χ4v) is 1.79. The third-order valence-corrected chi connectivity index (χ3v) is 3.23. The quantitative estimate of drug-likeness (QED) is 0.756. The highest BCUT2D eigenvalue weighted by Gasteiger charge is 2.29. The van der Waals surface area contributed by atoms with Gasteiger partial charge in [0.15, 0.2) is 0 Å². The highest BCUT2D eigenvalue weighted by atomic mass is 16.2. The zero-order valence-corrected chi connectivity index (χ0v) is 11.8. The molecule has 0 unspecified atom stereocenters. The van der Waals surface area contributed by atoms with E-state index in [0.29, 0.717) is 0 Å². The van der Waals surface area contributed by atoms with E-state index in [2.05, 4.69) is 17.6 Å². The van der Waals surface area contributed by atoms with Gasteiger partial charge in [0.1, 0.15) is 0 Å². The molecular formula is C15H24N2O. The molecular weight excluding hydrogens is 224 g/mol. The van der Waals surface area contributed by atoms with Crippen LogP contribution in [-0.4, -0.2) is 26.0 Å². The molecule has 1 aromatic rings. The molecule has 3 heteroatoms. The van der Waals surface area contributed by atoms with Crippen LogP contribution in [0.1, 0.15) is 31.4 Å². The number of rotatable bonds is 6. The number of nitrogens with one attached hydrogen (secondary N) is 2. The maximum absolute atomic E-state index is 12.2. The van der Waals surface area contributed by atoms with Crippen molar-refractivity contribution in [1.29, 1.82) is 0 Å². The summed E-state index contributed by atoms with van der Waals surface area (Å²) in [5.74, 6) is 0.0856. The minimum absolute atomic E-state index is 0.0856. The van der Waals surface area contributed by atoms with Crippen LogP contribution in [0.15, 0.2) is 24.3 Å². The fraction of sp³-hybridized carbons (Fsp3) is 0.533. The number of benzene rings is 1. The molecule has 1 amide bonds. The Kier molecular flexibility index (Phi) is 5.35. The number of hydrogen-bond acceptors (Lipinski definition) is 2. The third kappa shape index (κ3) is 3.84. The SMILES string of the molecule is CNCCCNC(=O)C(C)(C)c1ccc(C)cc1. The van der Waals surface area contributed by atoms with Gasteiger partial charge in [-0.1, -0.05) is 29.8 Å². The van der Waals surface area contributed by atoms with Crippen molar-refractivity contribution in [1.82, 2.24) is 10.6 Å². The minimum Gasteiger partial charge on any atom is -0.355 e. The van der Waals surface area contributed by atoms with Crippen molar-refractivity contribution in [3.05, 3.63) is 35.4 Å². The zero-order valence-electron chi connectivity index (χ0n) is 11.8. The lowest BCUT2D eigenvalue weighted by atomic mass is 9.83. The van der Waals surface area contributed by atoms with E-state index >= 15 is 0 Å². The lowest BCUT2D eigenvalue weighted by molar-refractivity contribution is -0.125. The van der Waals surface area contributed by atoms with E-state index in [9.17, 15) is 4.79 Å². The van der Waals surface area contributed by atoms with Gasteiger partial charge in [-0.3, -0.25) is 4.79 Å². The van der Waals surface area contributed by atoms with Gasteiger partial charge in [-0.15, -0.1) is 0 Å². The average Bonchev–Trinajstić information content (AvgIpc) is 2.35. The second kappa shape index (κ2) is 6.55. The standard InChI is InChI=1S/C15H24N2O/c1-12-6-8-13(9-7-12)15(2,3)14(18)17-11-5-10-16-4/h6-9,16H,5,10-11H2,1-4H3,(H,17,18). The summed E-state index contributed by atoms with van der Waals surface area (Å²) < 4.78 is 0. The predicted molar refractivity (Wildman–Crippen MR) is 75.8 cm³/mol. The van der Waals surface area contributed by atoms with Gasteiger partial charge < -0.3 is 10.6 Å². The Labute approximate surface area is 110 Å². The summed E-state index contributed by atoms with van der Waals surface area (Å²) in [5, 5.41) is 6.06. The molecule has 0 aliphatic heterocycles. The van der Waals surface area contributed by atoms with Gasteiger partial charge in [0.05, 0.1) is 5.41 Å². The number of carbonyl (C=O) groups is 1. The molecule has 0 aromatic heterocycles. The van der Waals surface area contributed by atoms with E-state index in [4.69, 9.17) is 0 Å². The van der Waals surface area contributed by atoms with Gasteiger partial charge in [-0.2, -0.15) is 0 Å². The van der Waals surface area contributed by atoms with Gasteiger partial charge in [0.25, 0.3) is 0 Å². The van der Waals surface area contributed by atoms with E-state index in [1.165, 1.54) is 5.56 Å². The van der Waals surface area contributed by atoms with E-state index in [0.717, 1.165) is 25.1 Å². The molecule has 0 spiro atoms. The zero-order chi connectivity index (χ0) is 13.6. The fourth-order valence-electron chi connectivity index (χ4n) is 1.79. The number of amides is 1. The van der Waals surface area contributed by atoms with Crippen LogP contribution in [0.3, 0.4) is 0 Å². The van der Waals surface area contributed by atoms with Crippen molar-refractivity contribution in [3.8, 4) is 0 Å². The maximum Gasteiger partial charge on any atom is 0.230 e. The smallest absolute Gasteiger partial charge is 0.230 e. The number of hydrogen-bond donors (Lipinski definition) is 2. The van der Waals surface area contributed by atoms with Crippen molar-refractivity contribution in [2.24, 2.45) is 0 Å². The largest absolute Gasteiger partial charge is 0.355 e. The van der Waals surface area contributed by atoms with Crippen LogP contribution in [0, 0.1) is 6.92 Å². The van der Waals surface area contributed by atoms with Crippen molar-refractivity contribution in [2.45, 2.75) is 32.6 Å². The number of carbonyl (C=O) groups excluding carboxylic acids is 1. The van der Waals surface area contributed by atoms with Crippen molar-refractivity contribution in [3.63, 3.8) is 0 Å². The summed E-state index contributed by atoms with van der Waals surface area (Å²) >= 11 is 0. The Bertz CT molecular complexity index is 382. The van der Waals surface area contributed by atoms with Gasteiger partial charge in [0.2, 0.25) is 5.91 Å². The van der Waals surface area contributed by atoms with E-state index < -0.39 is 5.41 Å². The molecule has 1 rings (SSSR count). The second-order valence-corrected chi connectivity index (χ2v) is 5.20. The normalized spacial score (nSPS) is 11.3. The van der Waals surface area contributed by atoms with Gasteiger partial charge in [0, 0.05) is 6.54 Å². The molecule has 3 nitrogen and oxygen atoms in total. The number of aryl methyl sites for hydroxylation is 1. The summed E-state index contributed by atoms with van der Waals surface area (Å²) in [5.41, 5.74) is 1.79. The van der Waals surface area contributed by atoms with E-state index in [1.807, 2.05) is 45.2 Å². The van der Waals surface area contributed by atoms with Crippen LogP contribution < -0.4 is 10.6 Å². The lowest BCUT2D eigenvalue weighted by Crippen LogP contribution is -2.40. The van der Waals surface area contributed by atoms with E-state index in [-0.39, 0.29) is 5.91 Å². The summed E-state index contributed by atoms with van der Waals surface area (Å²) in [4.78, 5) is 12.2. The molecule has 0 saturated carbocycles. The lowest BCUT2D eigenvalue weighted by Gasteiger charge is -2.24. The molecule has 0 aliphatic carbocycles. The average molecular weight is 248 g/mol. The van der Waals surface area contributed by atoms with Crippen molar-refractivity contribution >= 4 is 5.91 Å². The topological polar surface area (TPSA) is 41.1 Å². The summed E-state index contributed by atoms with van der Waals surface area (Å²) in [7, 11) is 1.91. The highest BCUT2D eigenvalue weighted by Crippen LogP contribution is 2.23. The molecule has 0 radical (unpaired) electrons. The summed E-state index contributed by atoms with van der Waals surface area (Å²) in [6.45, 7) is 7.62. The summed E-state index contributed by atoms with van der Waals surface area (Å²) in [6, 6.07) is 8.15. The van der Waals surface area contributed by atoms with E-state index in [1.54, 1.807) is 0 Å². The molecule has 0 bridgehead atoms. The Hall–Kier alpha value is -1.35. The van der Waals surface area contributed by atoms with Gasteiger partial charge >= 0.3 is 0 Å². The first-order valence-corrected chi connectivity index (χ1v) is 6.48. The van der Waals surface area contributed by atoms with Gasteiger partial charge in [-0.05, 0) is 46.3 Å².